The van der Waals surface area contributed by atoms with Crippen LogP contribution in [0.4, 0.5) is 0 Å². The van der Waals surface area contributed by atoms with E-state index >= 15 is 0 Å². The highest BCUT2D eigenvalue weighted by Gasteiger charge is 2.27. The van der Waals surface area contributed by atoms with Crippen molar-refractivity contribution in [2.24, 2.45) is 0 Å². The van der Waals surface area contributed by atoms with Crippen molar-refractivity contribution in [1.29, 1.82) is 0 Å². The predicted octanol–water partition coefficient (Wildman–Crippen LogP) is 19.6. The van der Waals surface area contributed by atoms with Crippen molar-refractivity contribution in [3.8, 4) is 50.8 Å². The Labute approximate surface area is 435 Å². The van der Waals surface area contributed by atoms with Gasteiger partial charge in [0.1, 0.15) is 0 Å². The first-order valence-corrected chi connectivity index (χ1v) is 26.5. The number of para-hydroxylation sites is 2. The van der Waals surface area contributed by atoms with Gasteiger partial charge in [-0.05, 0) is 175 Å². The Morgan fingerprint density at radius 2 is 0.635 bits per heavy atom. The molecule has 12 aromatic rings. The zero-order valence-corrected chi connectivity index (χ0v) is 45.0. The molecule has 0 atom stereocenters. The molecule has 0 amide bonds. The van der Waals surface area contributed by atoms with Gasteiger partial charge >= 0.3 is 0 Å². The first-order valence-electron chi connectivity index (χ1n) is 26.5. The van der Waals surface area contributed by atoms with E-state index in [-0.39, 0.29) is 21.7 Å². The van der Waals surface area contributed by atoms with Crippen molar-refractivity contribution in [1.82, 2.24) is 13.7 Å². The highest BCUT2D eigenvalue weighted by molar-refractivity contribution is 6.15. The summed E-state index contributed by atoms with van der Waals surface area (Å²) < 4.78 is 14.1. The van der Waals surface area contributed by atoms with Crippen LogP contribution < -0.4 is 4.74 Å². The Bertz CT molecular complexity index is 4130. The number of ether oxygens (including phenoxy) is 1. The molecule has 4 nitrogen and oxygen atoms in total. The average Bonchev–Trinajstić information content (AvgIpc) is 4.00. The molecule has 366 valence electrons. The molecule has 0 saturated carbocycles. The van der Waals surface area contributed by atoms with E-state index in [2.05, 4.69) is 273 Å². The molecule has 4 heterocycles. The maximum Gasteiger partial charge on any atom is 0.152 e. The molecule has 0 radical (unpaired) electrons. The van der Waals surface area contributed by atoms with Gasteiger partial charge in [-0.1, -0.05) is 150 Å². The minimum atomic E-state index is 0.0433. The number of hydrogen-bond acceptors (Lipinski definition) is 1. The summed E-state index contributed by atoms with van der Waals surface area (Å²) in [7, 11) is 0. The summed E-state index contributed by atoms with van der Waals surface area (Å²) in [5.74, 6) is 1.72. The fourth-order valence-electron chi connectivity index (χ4n) is 11.7. The van der Waals surface area contributed by atoms with Crippen molar-refractivity contribution in [2.75, 3.05) is 0 Å². The van der Waals surface area contributed by atoms with Crippen LogP contribution in [-0.4, -0.2) is 13.7 Å². The molecule has 0 fully saturated rings. The van der Waals surface area contributed by atoms with E-state index in [4.69, 9.17) is 4.74 Å². The lowest BCUT2D eigenvalue weighted by molar-refractivity contribution is 0.476. The summed E-state index contributed by atoms with van der Waals surface area (Å²) in [5, 5.41) is 7.56. The van der Waals surface area contributed by atoms with Gasteiger partial charge < -0.3 is 18.4 Å². The highest BCUT2D eigenvalue weighted by Crippen LogP contribution is 2.49. The molecule has 1 aliphatic heterocycles. The molecule has 1 aliphatic rings. The predicted molar refractivity (Wildman–Crippen MR) is 315 cm³/mol. The van der Waals surface area contributed by atoms with Gasteiger partial charge in [-0.2, -0.15) is 0 Å². The minimum Gasteiger partial charge on any atom is -0.453 e. The van der Waals surface area contributed by atoms with Gasteiger partial charge in [0.2, 0.25) is 0 Å². The van der Waals surface area contributed by atoms with Crippen LogP contribution in [0.15, 0.2) is 176 Å². The van der Waals surface area contributed by atoms with E-state index in [1.807, 2.05) is 0 Å². The summed E-state index contributed by atoms with van der Waals surface area (Å²) in [6.45, 7) is 27.6. The second-order valence-corrected chi connectivity index (χ2v) is 25.2. The van der Waals surface area contributed by atoms with Crippen LogP contribution in [0.25, 0.3) is 105 Å². The number of fused-ring (bicyclic) bond motifs is 11. The molecule has 13 rings (SSSR count). The van der Waals surface area contributed by atoms with E-state index in [1.165, 1.54) is 87.8 Å². The van der Waals surface area contributed by atoms with E-state index in [1.54, 1.807) is 0 Å². The summed E-state index contributed by atoms with van der Waals surface area (Å²) in [4.78, 5) is 0. The first kappa shape index (κ1) is 46.0. The standard InChI is InChI=1S/C70H65N3O/c1-67(2,3)46-22-31-58-53(38-46)54-39-47(68(4,5)6)23-32-59(54)71(58)50-26-17-42(18-27-50)44-21-30-62-52(35-44)57-36-45(37-65-66(57)73(62)63-15-13-14-16-64(63)74-65)43-19-28-51(29-20-43)72-60-33-24-48(69(7,8)9)40-55(60)56-41-49(70(10,11)12)25-34-61(56)72/h13-41H,1-12H3. The Kier molecular flexibility index (Phi) is 9.85. The number of benzene rings is 9. The van der Waals surface area contributed by atoms with Crippen LogP contribution >= 0.6 is 0 Å². The lowest BCUT2D eigenvalue weighted by atomic mass is 9.85. The molecule has 3 aromatic heterocycles. The molecule has 0 aliphatic carbocycles. The largest absolute Gasteiger partial charge is 0.453 e. The topological polar surface area (TPSA) is 24.0 Å². The van der Waals surface area contributed by atoms with Crippen molar-refractivity contribution >= 4 is 65.4 Å². The van der Waals surface area contributed by atoms with Crippen LogP contribution in [0.3, 0.4) is 0 Å². The molecule has 0 saturated heterocycles. The van der Waals surface area contributed by atoms with Gasteiger partial charge in [0.05, 0.1) is 38.8 Å². The van der Waals surface area contributed by atoms with Crippen molar-refractivity contribution in [2.45, 2.75) is 105 Å². The Morgan fingerprint density at radius 3 is 1.07 bits per heavy atom. The monoisotopic (exact) mass is 964 g/mol. The van der Waals surface area contributed by atoms with Crippen LogP contribution in [-0.2, 0) is 21.7 Å². The van der Waals surface area contributed by atoms with Crippen LogP contribution in [0.1, 0.15) is 105 Å². The summed E-state index contributed by atoms with van der Waals surface area (Å²) in [6.07, 6.45) is 0. The SMILES string of the molecule is CC(C)(C)c1ccc2c(c1)c1cc(C(C)(C)C)ccc1n2-c1ccc(-c2ccc3c(c2)c2cc(-c4ccc(-n5c6ccc(C(C)(C)C)cc6c6cc(C(C)(C)C)ccc65)cc4)cc4c2n3-c2ccccc2O4)cc1. The Balaban J connectivity index is 0.919. The second kappa shape index (κ2) is 15.8. The zero-order chi connectivity index (χ0) is 51.4. The summed E-state index contributed by atoms with van der Waals surface area (Å²) in [5.41, 5.74) is 20.7. The number of nitrogens with zero attached hydrogens (tertiary/aromatic N) is 3. The lowest BCUT2D eigenvalue weighted by Gasteiger charge is -2.21. The second-order valence-electron chi connectivity index (χ2n) is 25.2. The third kappa shape index (κ3) is 7.23. The first-order chi connectivity index (χ1) is 35.2. The van der Waals surface area contributed by atoms with Crippen LogP contribution in [0, 0.1) is 0 Å². The van der Waals surface area contributed by atoms with Gasteiger partial charge in [-0.25, -0.2) is 0 Å². The van der Waals surface area contributed by atoms with Crippen molar-refractivity contribution < 1.29 is 4.74 Å². The maximum absolute atomic E-state index is 6.83. The van der Waals surface area contributed by atoms with Crippen LogP contribution in [0.2, 0.25) is 0 Å². The Hall–Kier alpha value is -7.82. The third-order valence-electron chi connectivity index (χ3n) is 16.1. The van der Waals surface area contributed by atoms with Gasteiger partial charge in [0.25, 0.3) is 0 Å². The number of hydrogen-bond donors (Lipinski definition) is 0. The zero-order valence-electron chi connectivity index (χ0n) is 45.0. The van der Waals surface area contributed by atoms with E-state index in [9.17, 15) is 0 Å². The maximum atomic E-state index is 6.83. The fourth-order valence-corrected chi connectivity index (χ4v) is 11.7. The van der Waals surface area contributed by atoms with Gasteiger partial charge in [0.15, 0.2) is 11.5 Å². The molecule has 9 aromatic carbocycles. The quantitative estimate of drug-likeness (QED) is 0.172. The molecule has 0 bridgehead atoms. The normalized spacial score (nSPS) is 13.2. The molecule has 4 heteroatoms. The average molecular weight is 964 g/mol. The third-order valence-corrected chi connectivity index (χ3v) is 16.1. The van der Waals surface area contributed by atoms with E-state index in [0.717, 1.165) is 50.7 Å². The number of aromatic nitrogens is 3. The summed E-state index contributed by atoms with van der Waals surface area (Å²) >= 11 is 0. The minimum absolute atomic E-state index is 0.0433. The molecular weight excluding hydrogens is 899 g/mol. The molecule has 0 spiro atoms. The molecule has 74 heavy (non-hydrogen) atoms. The Morgan fingerprint density at radius 1 is 0.284 bits per heavy atom. The van der Waals surface area contributed by atoms with E-state index in [0.29, 0.717) is 0 Å². The van der Waals surface area contributed by atoms with Crippen molar-refractivity contribution in [3.63, 3.8) is 0 Å². The van der Waals surface area contributed by atoms with Gasteiger partial charge in [-0.3, -0.25) is 0 Å². The highest BCUT2D eigenvalue weighted by atomic mass is 16.5. The smallest absolute Gasteiger partial charge is 0.152 e. The van der Waals surface area contributed by atoms with Gasteiger partial charge in [0, 0.05) is 43.7 Å². The lowest BCUT2D eigenvalue weighted by Crippen LogP contribution is -2.10. The molecule has 0 N–H and O–H groups in total. The number of rotatable bonds is 4. The molecular formula is C70H65N3O. The van der Waals surface area contributed by atoms with Crippen LogP contribution in [0.5, 0.6) is 11.5 Å². The molecule has 0 unspecified atom stereocenters. The summed E-state index contributed by atoms with van der Waals surface area (Å²) in [6, 6.07) is 66.5. The fraction of sp³-hybridized carbons (Fsp3) is 0.229. The van der Waals surface area contributed by atoms with E-state index < -0.39 is 0 Å². The van der Waals surface area contributed by atoms with Gasteiger partial charge in [-0.15, -0.1) is 0 Å². The van der Waals surface area contributed by atoms with Crippen molar-refractivity contribution in [3.05, 3.63) is 198 Å².